The normalized spacial score (nSPS) is 10.5. The third-order valence-electron chi connectivity index (χ3n) is 4.01. The summed E-state index contributed by atoms with van der Waals surface area (Å²) in [5.41, 5.74) is 1.88. The zero-order valence-electron chi connectivity index (χ0n) is 14.7. The molecular formula is C19H22N2O4. The van der Waals surface area contributed by atoms with E-state index in [0.717, 1.165) is 12.2 Å². The van der Waals surface area contributed by atoms with Crippen molar-refractivity contribution in [1.82, 2.24) is 0 Å². The van der Waals surface area contributed by atoms with Crippen LogP contribution in [0.2, 0.25) is 0 Å². The van der Waals surface area contributed by atoms with Crippen molar-refractivity contribution in [2.24, 2.45) is 0 Å². The van der Waals surface area contributed by atoms with E-state index in [0.29, 0.717) is 28.9 Å². The lowest BCUT2D eigenvalue weighted by Gasteiger charge is -2.23. The van der Waals surface area contributed by atoms with Gasteiger partial charge in [0.1, 0.15) is 6.61 Å². The third kappa shape index (κ3) is 3.79. The van der Waals surface area contributed by atoms with Crippen molar-refractivity contribution in [2.75, 3.05) is 37.0 Å². The van der Waals surface area contributed by atoms with Gasteiger partial charge in [-0.3, -0.25) is 9.59 Å². The van der Waals surface area contributed by atoms with Crippen LogP contribution in [0.1, 0.15) is 13.8 Å². The van der Waals surface area contributed by atoms with E-state index in [1.54, 1.807) is 14.0 Å². The molecule has 0 aliphatic heterocycles. The van der Waals surface area contributed by atoms with Crippen LogP contribution >= 0.6 is 0 Å². The van der Waals surface area contributed by atoms with Crippen LogP contribution in [0.3, 0.4) is 0 Å². The summed E-state index contributed by atoms with van der Waals surface area (Å²) in [5, 5.41) is 2.77. The molecule has 0 saturated heterocycles. The lowest BCUT2D eigenvalue weighted by Crippen LogP contribution is -2.35. The molecule has 6 heteroatoms. The van der Waals surface area contributed by atoms with E-state index >= 15 is 0 Å². The summed E-state index contributed by atoms with van der Waals surface area (Å²) in [6, 6.07) is 7.40. The van der Waals surface area contributed by atoms with Gasteiger partial charge in [0.2, 0.25) is 10.9 Å². The Hall–Kier alpha value is -2.89. The maximum Gasteiger partial charge on any atom is 0.333 e. The van der Waals surface area contributed by atoms with Crippen molar-refractivity contribution in [2.45, 2.75) is 13.8 Å². The van der Waals surface area contributed by atoms with Crippen LogP contribution in [-0.4, -0.2) is 32.7 Å². The van der Waals surface area contributed by atoms with Crippen molar-refractivity contribution in [3.8, 4) is 11.1 Å². The molecule has 0 aliphatic rings. The van der Waals surface area contributed by atoms with Gasteiger partial charge in [-0.05, 0) is 31.5 Å². The zero-order chi connectivity index (χ0) is 18.6. The number of hydrogen-bond acceptors (Lipinski definition) is 6. The Morgan fingerprint density at radius 1 is 1.20 bits per heavy atom. The molecule has 25 heavy (non-hydrogen) atoms. The summed E-state index contributed by atoms with van der Waals surface area (Å²) >= 11 is 0. The summed E-state index contributed by atoms with van der Waals surface area (Å²) < 4.78 is 5.12. The topological polar surface area (TPSA) is 75.7 Å². The first kappa shape index (κ1) is 18.4. The summed E-state index contributed by atoms with van der Waals surface area (Å²) in [5.74, 6) is -0.397. The summed E-state index contributed by atoms with van der Waals surface area (Å²) in [6.45, 7) is 8.72. The average molecular weight is 342 g/mol. The van der Waals surface area contributed by atoms with Gasteiger partial charge in [0.25, 0.3) is 0 Å². The minimum absolute atomic E-state index is 0.267. The number of rotatable bonds is 8. The second-order valence-electron chi connectivity index (χ2n) is 5.70. The third-order valence-corrected chi connectivity index (χ3v) is 4.01. The SMILES string of the molecule is C=C(C)C(=O)OCCN(CC)c1ccc(-c2c(NC)c(=O)c2=O)cc1. The van der Waals surface area contributed by atoms with Gasteiger partial charge >= 0.3 is 5.97 Å². The van der Waals surface area contributed by atoms with Crippen LogP contribution in [0.4, 0.5) is 11.4 Å². The highest BCUT2D eigenvalue weighted by molar-refractivity contribution is 5.87. The van der Waals surface area contributed by atoms with Gasteiger partial charge in [0, 0.05) is 24.9 Å². The van der Waals surface area contributed by atoms with Gasteiger partial charge < -0.3 is 15.0 Å². The molecule has 6 nitrogen and oxygen atoms in total. The lowest BCUT2D eigenvalue weighted by atomic mass is 9.98. The fourth-order valence-corrected chi connectivity index (χ4v) is 2.59. The first-order valence-electron chi connectivity index (χ1n) is 8.09. The van der Waals surface area contributed by atoms with Gasteiger partial charge in [-0.15, -0.1) is 0 Å². The molecular weight excluding hydrogens is 320 g/mol. The van der Waals surface area contributed by atoms with E-state index < -0.39 is 16.8 Å². The minimum atomic E-state index is -0.476. The van der Waals surface area contributed by atoms with Crippen LogP contribution in [0.25, 0.3) is 11.1 Å². The van der Waals surface area contributed by atoms with E-state index in [-0.39, 0.29) is 6.61 Å². The number of carbonyl (C=O) groups is 1. The standard InChI is InChI=1S/C19H22N2O4/c1-5-21(10-11-25-19(24)12(2)3)14-8-6-13(7-9-14)15-16(20-4)18(23)17(15)22/h6-9,20H,2,5,10-11H2,1,3-4H3. The number of nitrogens with zero attached hydrogens (tertiary/aromatic N) is 1. The molecule has 132 valence electrons. The van der Waals surface area contributed by atoms with E-state index in [9.17, 15) is 14.4 Å². The van der Waals surface area contributed by atoms with Crippen molar-refractivity contribution in [3.05, 3.63) is 56.9 Å². The van der Waals surface area contributed by atoms with Gasteiger partial charge in [-0.1, -0.05) is 18.7 Å². The molecule has 0 saturated carbocycles. The number of nitrogens with one attached hydrogen (secondary N) is 1. The largest absolute Gasteiger partial charge is 0.460 e. The Balaban J connectivity index is 2.08. The van der Waals surface area contributed by atoms with Gasteiger partial charge in [-0.25, -0.2) is 4.79 Å². The molecule has 0 radical (unpaired) electrons. The predicted octanol–water partition coefficient (Wildman–Crippen LogP) is 1.94. The van der Waals surface area contributed by atoms with E-state index in [2.05, 4.69) is 16.8 Å². The molecule has 0 unspecified atom stereocenters. The number of likely N-dealkylation sites (N-methyl/N-ethyl adjacent to an activating group) is 1. The maximum atomic E-state index is 11.8. The Labute approximate surface area is 146 Å². The molecule has 0 spiro atoms. The highest BCUT2D eigenvalue weighted by Gasteiger charge is 2.21. The molecule has 0 fully saturated rings. The number of anilines is 2. The van der Waals surface area contributed by atoms with Crippen molar-refractivity contribution in [3.63, 3.8) is 0 Å². The van der Waals surface area contributed by atoms with Crippen LogP contribution in [0.15, 0.2) is 46.0 Å². The molecule has 1 N–H and O–H groups in total. The fraction of sp³-hybridized carbons (Fsp3) is 0.316. The predicted molar refractivity (Wildman–Crippen MR) is 100.0 cm³/mol. The number of hydrogen-bond donors (Lipinski definition) is 1. The first-order valence-corrected chi connectivity index (χ1v) is 8.09. The smallest absolute Gasteiger partial charge is 0.333 e. The van der Waals surface area contributed by atoms with Crippen LogP contribution in [0, 0.1) is 0 Å². The second kappa shape index (κ2) is 7.79. The molecule has 0 heterocycles. The minimum Gasteiger partial charge on any atom is -0.460 e. The van der Waals surface area contributed by atoms with Crippen LogP contribution in [-0.2, 0) is 9.53 Å². The summed E-state index contributed by atoms with van der Waals surface area (Å²) in [7, 11) is 1.62. The number of ether oxygens (including phenoxy) is 1. The highest BCUT2D eigenvalue weighted by Crippen LogP contribution is 2.25. The molecule has 2 aromatic rings. The lowest BCUT2D eigenvalue weighted by molar-refractivity contribution is -0.138. The molecule has 0 atom stereocenters. The van der Waals surface area contributed by atoms with Crippen molar-refractivity contribution in [1.29, 1.82) is 0 Å². The highest BCUT2D eigenvalue weighted by atomic mass is 16.5. The summed E-state index contributed by atoms with van der Waals surface area (Å²) in [6.07, 6.45) is 0. The molecule has 2 aromatic carbocycles. The molecule has 0 amide bonds. The number of benzene rings is 1. The van der Waals surface area contributed by atoms with Crippen molar-refractivity contribution >= 4 is 17.3 Å². The Bertz CT molecular complexity index is 845. The van der Waals surface area contributed by atoms with Gasteiger partial charge in [0.05, 0.1) is 17.8 Å². The quantitative estimate of drug-likeness (QED) is 0.449. The van der Waals surface area contributed by atoms with Crippen molar-refractivity contribution < 1.29 is 9.53 Å². The van der Waals surface area contributed by atoms with E-state index in [1.165, 1.54) is 0 Å². The number of carbonyl (C=O) groups excluding carboxylic acids is 1. The molecule has 2 rings (SSSR count). The first-order chi connectivity index (χ1) is 11.9. The fourth-order valence-electron chi connectivity index (χ4n) is 2.59. The van der Waals surface area contributed by atoms with Gasteiger partial charge in [-0.2, -0.15) is 0 Å². The Kier molecular flexibility index (Phi) is 5.75. The number of esters is 1. The molecule has 0 aromatic heterocycles. The Morgan fingerprint density at radius 2 is 1.84 bits per heavy atom. The monoisotopic (exact) mass is 342 g/mol. The zero-order valence-corrected chi connectivity index (χ0v) is 14.7. The average Bonchev–Trinajstić information content (AvgIpc) is 2.62. The second-order valence-corrected chi connectivity index (χ2v) is 5.70. The summed E-state index contributed by atoms with van der Waals surface area (Å²) in [4.78, 5) is 36.7. The molecule has 0 bridgehead atoms. The van der Waals surface area contributed by atoms with Crippen LogP contribution in [0.5, 0.6) is 0 Å². The van der Waals surface area contributed by atoms with E-state index in [4.69, 9.17) is 4.74 Å². The van der Waals surface area contributed by atoms with Gasteiger partial charge in [0.15, 0.2) is 0 Å². The van der Waals surface area contributed by atoms with E-state index in [1.807, 2.05) is 31.2 Å². The molecule has 0 aliphatic carbocycles. The maximum absolute atomic E-state index is 11.8. The Morgan fingerprint density at radius 3 is 2.36 bits per heavy atom. The van der Waals surface area contributed by atoms with Crippen LogP contribution < -0.4 is 21.1 Å².